The molecule has 3 aromatic heterocycles. The van der Waals surface area contributed by atoms with E-state index < -0.39 is 5.97 Å². The van der Waals surface area contributed by atoms with Crippen LogP contribution in [0.4, 0.5) is 17.1 Å². The third kappa shape index (κ3) is 15.3. The number of nitriles is 1. The number of carbonyl (C=O) groups is 1. The third-order valence-corrected chi connectivity index (χ3v) is 17.4. The number of benzene rings is 5. The number of hydrogen-bond donors (Lipinski definition) is 1. The molecule has 0 saturated carbocycles. The molecular formula is C66H74N2O6S3. The second-order valence-corrected chi connectivity index (χ2v) is 22.9. The molecule has 5 aromatic carbocycles. The lowest BCUT2D eigenvalue weighted by Gasteiger charge is -2.26. The van der Waals surface area contributed by atoms with E-state index in [1.54, 1.807) is 22.7 Å². The van der Waals surface area contributed by atoms with Crippen molar-refractivity contribution in [1.82, 2.24) is 0 Å². The monoisotopic (exact) mass is 1090 g/mol. The molecule has 0 radical (unpaired) electrons. The number of carboxylic acid groups (broad SMARTS) is 1. The first kappa shape index (κ1) is 56.6. The van der Waals surface area contributed by atoms with Crippen LogP contribution in [0.15, 0.2) is 127 Å². The first-order chi connectivity index (χ1) is 37.8. The van der Waals surface area contributed by atoms with Crippen LogP contribution < -0.4 is 23.8 Å². The average Bonchev–Trinajstić information content (AvgIpc) is 4.24. The van der Waals surface area contributed by atoms with E-state index in [0.29, 0.717) is 31.3 Å². The molecule has 0 unspecified atom stereocenters. The Kier molecular flexibility index (Phi) is 21.5. The van der Waals surface area contributed by atoms with Gasteiger partial charge in [-0.3, -0.25) is 0 Å². The van der Waals surface area contributed by atoms with E-state index in [2.05, 4.69) is 142 Å². The van der Waals surface area contributed by atoms with Gasteiger partial charge in [-0.25, -0.2) is 4.79 Å². The van der Waals surface area contributed by atoms with Crippen LogP contribution >= 0.6 is 34.0 Å². The smallest absolute Gasteiger partial charge is 0.329 e. The van der Waals surface area contributed by atoms with Crippen LogP contribution in [0.5, 0.6) is 23.0 Å². The van der Waals surface area contributed by atoms with Crippen molar-refractivity contribution in [3.8, 4) is 61.1 Å². The molecule has 3 heterocycles. The van der Waals surface area contributed by atoms with Crippen molar-refractivity contribution >= 4 is 82.1 Å². The summed E-state index contributed by atoms with van der Waals surface area (Å²) in [7, 11) is 0. The average molecular weight is 1090 g/mol. The number of allylic oxidation sites excluding steroid dienone is 1. The van der Waals surface area contributed by atoms with E-state index in [1.807, 2.05) is 18.2 Å². The summed E-state index contributed by atoms with van der Waals surface area (Å²) in [5, 5.41) is 20.1. The largest absolute Gasteiger partial charge is 0.493 e. The van der Waals surface area contributed by atoms with Crippen LogP contribution in [-0.2, 0) is 4.79 Å². The second-order valence-electron chi connectivity index (χ2n) is 19.6. The summed E-state index contributed by atoms with van der Waals surface area (Å²) in [5.74, 6) is 2.24. The van der Waals surface area contributed by atoms with Gasteiger partial charge in [0.25, 0.3) is 0 Å². The van der Waals surface area contributed by atoms with Gasteiger partial charge < -0.3 is 29.0 Å². The molecule has 8 nitrogen and oxygen atoms in total. The molecule has 77 heavy (non-hydrogen) atoms. The van der Waals surface area contributed by atoms with Gasteiger partial charge in [-0.1, -0.05) is 135 Å². The summed E-state index contributed by atoms with van der Waals surface area (Å²) in [4.78, 5) is 16.4. The summed E-state index contributed by atoms with van der Waals surface area (Å²) in [5.41, 5.74) is 7.46. The second kappa shape index (κ2) is 29.2. The minimum absolute atomic E-state index is 0.151. The number of fused-ring (bicyclic) bond motifs is 3. The predicted octanol–water partition coefficient (Wildman–Crippen LogP) is 20.5. The third-order valence-electron chi connectivity index (χ3n) is 13.7. The number of hydrogen-bond acceptors (Lipinski definition) is 10. The Morgan fingerprint density at radius 2 is 1.00 bits per heavy atom. The standard InChI is InChI=1S/C66H74N2O6S3/c1-5-9-13-17-37-71-53-30-33-55(58(43-53)73-39-19-15-11-7-3)47-21-25-50(26-22-47)68(51-27-23-48(24-28-51)56-34-31-54(72-38-18-14-10-6-2)44-59(56)74-40-20-16-12-8-4)52-29-32-57-62(42-52)76-64-45-63(77-66(57)64)61-36-35-60(75-61)49(46-67)41-65(69)70/h21-36,41-45H,5-20,37-40H2,1-4H3,(H,69,70)/b49-41+. The van der Waals surface area contributed by atoms with Gasteiger partial charge in [0.15, 0.2) is 0 Å². The molecular weight excluding hydrogens is 1010 g/mol. The highest BCUT2D eigenvalue weighted by molar-refractivity contribution is 7.35. The number of ether oxygens (including phenoxy) is 4. The summed E-state index contributed by atoms with van der Waals surface area (Å²) < 4.78 is 29.2. The highest BCUT2D eigenvalue weighted by Crippen LogP contribution is 2.48. The lowest BCUT2D eigenvalue weighted by atomic mass is 10.0. The Morgan fingerprint density at radius 3 is 1.48 bits per heavy atom. The van der Waals surface area contributed by atoms with Gasteiger partial charge in [-0.15, -0.1) is 34.0 Å². The highest BCUT2D eigenvalue weighted by Gasteiger charge is 2.20. The van der Waals surface area contributed by atoms with Crippen molar-refractivity contribution < 1.29 is 28.8 Å². The minimum Gasteiger partial charge on any atom is -0.493 e. The molecule has 0 bridgehead atoms. The summed E-state index contributed by atoms with van der Waals surface area (Å²) in [6, 6.07) is 45.0. The zero-order chi connectivity index (χ0) is 53.8. The van der Waals surface area contributed by atoms with Crippen molar-refractivity contribution in [3.63, 3.8) is 0 Å². The van der Waals surface area contributed by atoms with Gasteiger partial charge in [-0.05, 0) is 116 Å². The molecule has 8 aromatic rings. The van der Waals surface area contributed by atoms with E-state index in [-0.39, 0.29) is 5.57 Å². The van der Waals surface area contributed by atoms with Crippen molar-refractivity contribution in [1.29, 1.82) is 5.26 Å². The van der Waals surface area contributed by atoms with E-state index >= 15 is 0 Å². The number of unbranched alkanes of at least 4 members (excludes halogenated alkanes) is 12. The Morgan fingerprint density at radius 1 is 0.506 bits per heavy atom. The van der Waals surface area contributed by atoms with Crippen molar-refractivity contribution in [2.45, 2.75) is 130 Å². The molecule has 0 aliphatic heterocycles. The Hall–Kier alpha value is -6.58. The minimum atomic E-state index is -1.13. The van der Waals surface area contributed by atoms with E-state index in [0.717, 1.165) is 117 Å². The lowest BCUT2D eigenvalue weighted by Crippen LogP contribution is -2.09. The quantitative estimate of drug-likeness (QED) is 0.0253. The van der Waals surface area contributed by atoms with Crippen LogP contribution in [0.1, 0.15) is 135 Å². The molecule has 1 N–H and O–H groups in total. The van der Waals surface area contributed by atoms with E-state index in [4.69, 9.17) is 18.9 Å². The lowest BCUT2D eigenvalue weighted by molar-refractivity contribution is -0.131. The van der Waals surface area contributed by atoms with Crippen molar-refractivity contribution in [2.75, 3.05) is 31.3 Å². The van der Waals surface area contributed by atoms with Gasteiger partial charge in [0.1, 0.15) is 29.1 Å². The molecule has 0 saturated heterocycles. The maximum absolute atomic E-state index is 11.4. The normalized spacial score (nSPS) is 11.5. The molecule has 0 amide bonds. The van der Waals surface area contributed by atoms with Gasteiger partial charge in [0.2, 0.25) is 0 Å². The summed E-state index contributed by atoms with van der Waals surface area (Å²) in [6.45, 7) is 11.6. The van der Waals surface area contributed by atoms with Crippen LogP contribution in [0.3, 0.4) is 0 Å². The maximum atomic E-state index is 11.4. The first-order valence-corrected chi connectivity index (χ1v) is 30.5. The Bertz CT molecular complexity index is 3100. The molecule has 11 heteroatoms. The Labute approximate surface area is 468 Å². The molecule has 402 valence electrons. The van der Waals surface area contributed by atoms with Crippen LogP contribution in [-0.4, -0.2) is 37.5 Å². The first-order valence-electron chi connectivity index (χ1n) is 28.0. The summed E-state index contributed by atoms with van der Waals surface area (Å²) in [6.07, 6.45) is 19.3. The van der Waals surface area contributed by atoms with Crippen molar-refractivity contribution in [3.05, 3.63) is 132 Å². The van der Waals surface area contributed by atoms with E-state index in [9.17, 15) is 15.2 Å². The summed E-state index contributed by atoms with van der Waals surface area (Å²) >= 11 is 4.93. The van der Waals surface area contributed by atoms with Crippen molar-refractivity contribution in [2.24, 2.45) is 0 Å². The maximum Gasteiger partial charge on any atom is 0.329 e. The van der Waals surface area contributed by atoms with Gasteiger partial charge in [0.05, 0.1) is 36.7 Å². The molecule has 0 aliphatic carbocycles. The number of aliphatic carboxylic acids is 1. The number of carboxylic acids is 1. The van der Waals surface area contributed by atoms with Crippen LogP contribution in [0.25, 0.3) is 57.1 Å². The fourth-order valence-electron chi connectivity index (χ4n) is 9.48. The predicted molar refractivity (Wildman–Crippen MR) is 326 cm³/mol. The fourth-order valence-corrected chi connectivity index (χ4v) is 13.1. The van der Waals surface area contributed by atoms with Gasteiger partial charge in [0, 0.05) is 75.8 Å². The zero-order valence-electron chi connectivity index (χ0n) is 45.4. The SMILES string of the molecule is CCCCCCOc1ccc(-c2ccc(N(c3ccc(-c4ccc(OCCCCCC)cc4OCCCCCC)cc3)c3ccc4c(c3)sc3cc(-c5ccc(/C(C#N)=C/C(=O)O)s5)sc34)cc2)c(OCCCCCC)c1. The number of rotatable bonds is 32. The zero-order valence-corrected chi connectivity index (χ0v) is 47.8. The fraction of sp³-hybridized carbons (Fsp3) is 0.364. The van der Waals surface area contributed by atoms with Gasteiger partial charge in [-0.2, -0.15) is 5.26 Å². The molecule has 0 spiro atoms. The number of anilines is 3. The number of thiophene rings is 3. The Balaban J connectivity index is 1.13. The van der Waals surface area contributed by atoms with E-state index in [1.165, 1.54) is 95.0 Å². The molecule has 0 fully saturated rings. The van der Waals surface area contributed by atoms with Crippen LogP contribution in [0, 0.1) is 11.3 Å². The van der Waals surface area contributed by atoms with Crippen LogP contribution in [0.2, 0.25) is 0 Å². The molecule has 8 rings (SSSR count). The highest BCUT2D eigenvalue weighted by atomic mass is 32.1. The topological polar surface area (TPSA) is 101 Å². The molecule has 0 aliphatic rings. The number of nitrogens with zero attached hydrogens (tertiary/aromatic N) is 2. The molecule has 0 atom stereocenters. The van der Waals surface area contributed by atoms with Gasteiger partial charge >= 0.3 is 5.97 Å².